The van der Waals surface area contributed by atoms with Crippen LogP contribution < -0.4 is 0 Å². The Bertz CT molecular complexity index is 1160. The lowest BCUT2D eigenvalue weighted by Crippen LogP contribution is -2.67. The maximum absolute atomic E-state index is 11.3. The monoisotopic (exact) mass is 612 g/mol. The summed E-state index contributed by atoms with van der Waals surface area (Å²) in [5.74, 6) is 0. The molecule has 7 aliphatic rings. The molecule has 0 aromatic heterocycles. The Morgan fingerprint density at radius 3 is 2.45 bits per heavy atom. The first-order valence-electron chi connectivity index (χ1n) is 17.0. The minimum absolute atomic E-state index is 0.0121. The van der Waals surface area contributed by atoms with E-state index in [0.717, 1.165) is 51.6 Å². The van der Waals surface area contributed by atoms with E-state index in [1.807, 2.05) is 42.5 Å². The Morgan fingerprint density at radius 2 is 1.61 bits per heavy atom. The van der Waals surface area contributed by atoms with Crippen LogP contribution in [0.1, 0.15) is 85.5 Å². The van der Waals surface area contributed by atoms with E-state index in [1.165, 1.54) is 0 Å². The van der Waals surface area contributed by atoms with Crippen molar-refractivity contribution in [3.05, 3.63) is 49.1 Å². The van der Waals surface area contributed by atoms with Gasteiger partial charge in [-0.05, 0) is 59.8 Å². The highest BCUT2D eigenvalue weighted by Gasteiger charge is 2.61. The number of hydrogen-bond acceptors (Lipinski definition) is 8. The van der Waals surface area contributed by atoms with E-state index in [-0.39, 0.29) is 60.5 Å². The highest BCUT2D eigenvalue weighted by atomic mass is 16.6. The minimum Gasteiger partial charge on any atom is -0.383 e. The Morgan fingerprint density at radius 1 is 0.795 bits per heavy atom. The van der Waals surface area contributed by atoms with Gasteiger partial charge in [-0.2, -0.15) is 0 Å². The number of fused-ring (bicyclic) bond motifs is 6. The van der Waals surface area contributed by atoms with E-state index in [0.29, 0.717) is 12.8 Å². The molecule has 6 saturated heterocycles. The van der Waals surface area contributed by atoms with Crippen LogP contribution in [0.4, 0.5) is 0 Å². The van der Waals surface area contributed by atoms with E-state index >= 15 is 0 Å². The number of ether oxygens (including phenoxy) is 7. The molecule has 0 amide bonds. The molecule has 8 nitrogen and oxygen atoms in total. The summed E-state index contributed by atoms with van der Waals surface area (Å²) in [5, 5.41) is 11.3. The number of allylic oxidation sites excluding steroid dienone is 4. The second kappa shape index (κ2) is 11.7. The Balaban J connectivity index is 1.06. The van der Waals surface area contributed by atoms with E-state index in [9.17, 15) is 5.11 Å². The fourth-order valence-electron chi connectivity index (χ4n) is 9.00. The molecule has 0 aliphatic carbocycles. The molecule has 44 heavy (non-hydrogen) atoms. The average molecular weight is 613 g/mol. The van der Waals surface area contributed by atoms with Crippen molar-refractivity contribution >= 4 is 0 Å². The Hall–Kier alpha value is -1.36. The fraction of sp³-hybridized carbons (Fsp3) is 0.778. The van der Waals surface area contributed by atoms with Crippen molar-refractivity contribution in [2.45, 2.75) is 169 Å². The molecule has 244 valence electrons. The second-order valence-electron chi connectivity index (χ2n) is 15.1. The summed E-state index contributed by atoms with van der Waals surface area (Å²) in [5.41, 5.74) is -2.50. The van der Waals surface area contributed by atoms with Crippen molar-refractivity contribution in [2.24, 2.45) is 0 Å². The molecule has 0 unspecified atom stereocenters. The molecular formula is C36H52O8. The molecule has 0 bridgehead atoms. The molecule has 6 fully saturated rings. The lowest BCUT2D eigenvalue weighted by atomic mass is 9.74. The molecule has 7 heterocycles. The molecule has 0 saturated carbocycles. The summed E-state index contributed by atoms with van der Waals surface area (Å²) in [4.78, 5) is 0. The molecule has 8 heteroatoms. The zero-order chi connectivity index (χ0) is 30.7. The van der Waals surface area contributed by atoms with Crippen LogP contribution in [0.2, 0.25) is 0 Å². The maximum atomic E-state index is 11.3. The first-order valence-corrected chi connectivity index (χ1v) is 17.0. The summed E-state index contributed by atoms with van der Waals surface area (Å²) in [6.45, 7) is 12.9. The highest BCUT2D eigenvalue weighted by molar-refractivity contribution is 5.20. The maximum Gasteiger partial charge on any atom is 0.110 e. The first kappa shape index (κ1) is 31.3. The molecule has 7 rings (SSSR count). The topological polar surface area (TPSA) is 84.8 Å². The van der Waals surface area contributed by atoms with Gasteiger partial charge in [0.25, 0.3) is 0 Å². The van der Waals surface area contributed by atoms with E-state index in [4.69, 9.17) is 33.2 Å². The van der Waals surface area contributed by atoms with Crippen LogP contribution >= 0.6 is 0 Å². The van der Waals surface area contributed by atoms with Crippen LogP contribution in [-0.2, 0) is 33.2 Å². The van der Waals surface area contributed by atoms with Crippen molar-refractivity contribution in [1.29, 1.82) is 0 Å². The van der Waals surface area contributed by atoms with Gasteiger partial charge < -0.3 is 38.3 Å². The van der Waals surface area contributed by atoms with Crippen molar-refractivity contribution in [2.75, 3.05) is 6.61 Å². The van der Waals surface area contributed by atoms with Gasteiger partial charge in [0.1, 0.15) is 17.8 Å². The number of aliphatic hydroxyl groups is 1. The lowest BCUT2D eigenvalue weighted by Gasteiger charge is -2.57. The fourth-order valence-corrected chi connectivity index (χ4v) is 9.00. The predicted molar refractivity (Wildman–Crippen MR) is 165 cm³/mol. The molecule has 0 spiro atoms. The minimum atomic E-state index is -1.16. The normalized spacial score (nSPS) is 53.8. The van der Waals surface area contributed by atoms with Crippen LogP contribution in [0.3, 0.4) is 0 Å². The smallest absolute Gasteiger partial charge is 0.110 e. The molecule has 0 aromatic carbocycles. The largest absolute Gasteiger partial charge is 0.383 e. The van der Waals surface area contributed by atoms with Gasteiger partial charge in [-0.15, -0.1) is 6.58 Å². The van der Waals surface area contributed by atoms with Gasteiger partial charge in [-0.1, -0.05) is 42.5 Å². The van der Waals surface area contributed by atoms with E-state index < -0.39 is 22.9 Å². The van der Waals surface area contributed by atoms with Gasteiger partial charge in [0.2, 0.25) is 0 Å². The summed E-state index contributed by atoms with van der Waals surface area (Å²) >= 11 is 0. The Kier molecular flexibility index (Phi) is 8.32. The zero-order valence-electron chi connectivity index (χ0n) is 26.9. The standard InChI is InChI=1S/C36H52O8/c1-6-7-8-9-10-12-29-33(2,37)17-16-24-26(40-29)20-32-36(5,43-24)22-35(4)31(42-32)15-14-23-27(44-35)19-25-28(39-23)21-34(3)30(41-25)13-11-18-38-34/h6,8-10,12,16-17,23-32,37H,1,7,11,13-15,18-22H2,2-5H3/b9-8-,12-10-/t23-,24-,25-,26+,27+,28+,29-,30+,31+,32-,33+,34-,35-,36+/m1/s1. The SMILES string of the molecule is C=CC/C=C\C=C/[C@H]1O[C@H]2C[C@H]3O[C@H]4CC[C@H]5O[C@H]6C[C@@]7(C)OCCC[C@@H]7O[C@@H]6C[C@@H]5O[C@]4(C)C[C@]3(C)O[C@@H]2C=C[C@]1(C)O. The van der Waals surface area contributed by atoms with Crippen molar-refractivity contribution in [3.63, 3.8) is 0 Å². The van der Waals surface area contributed by atoms with Gasteiger partial charge in [-0.3, -0.25) is 0 Å². The lowest BCUT2D eigenvalue weighted by molar-refractivity contribution is -0.328. The molecular weight excluding hydrogens is 560 g/mol. The summed E-state index contributed by atoms with van der Waals surface area (Å²) in [6.07, 6.45) is 20.1. The van der Waals surface area contributed by atoms with Crippen LogP contribution in [0.15, 0.2) is 49.1 Å². The molecule has 0 radical (unpaired) electrons. The molecule has 14 atom stereocenters. The van der Waals surface area contributed by atoms with Crippen LogP contribution in [0.5, 0.6) is 0 Å². The third-order valence-electron chi connectivity index (χ3n) is 11.4. The number of hydrogen-bond donors (Lipinski definition) is 1. The molecule has 0 aromatic rings. The predicted octanol–water partition coefficient (Wildman–Crippen LogP) is 5.28. The van der Waals surface area contributed by atoms with Crippen LogP contribution in [0, 0.1) is 0 Å². The van der Waals surface area contributed by atoms with E-state index in [2.05, 4.69) is 27.4 Å². The third kappa shape index (κ3) is 5.72. The highest BCUT2D eigenvalue weighted by Crippen LogP contribution is 2.51. The summed E-state index contributed by atoms with van der Waals surface area (Å²) in [6, 6.07) is 0. The van der Waals surface area contributed by atoms with Crippen LogP contribution in [-0.4, -0.2) is 95.2 Å². The molecule has 1 N–H and O–H groups in total. The van der Waals surface area contributed by atoms with Gasteiger partial charge >= 0.3 is 0 Å². The van der Waals surface area contributed by atoms with Gasteiger partial charge in [0.15, 0.2) is 0 Å². The summed E-state index contributed by atoms with van der Waals surface area (Å²) in [7, 11) is 0. The van der Waals surface area contributed by atoms with Gasteiger partial charge in [-0.25, -0.2) is 0 Å². The Labute approximate surface area is 262 Å². The molecule has 7 aliphatic heterocycles. The van der Waals surface area contributed by atoms with E-state index in [1.54, 1.807) is 6.92 Å². The van der Waals surface area contributed by atoms with Gasteiger partial charge in [0, 0.05) is 32.3 Å². The van der Waals surface area contributed by atoms with Crippen molar-refractivity contribution in [3.8, 4) is 0 Å². The van der Waals surface area contributed by atoms with Gasteiger partial charge in [0.05, 0.1) is 65.6 Å². The second-order valence-corrected chi connectivity index (χ2v) is 15.1. The quantitative estimate of drug-likeness (QED) is 0.339. The summed E-state index contributed by atoms with van der Waals surface area (Å²) < 4.78 is 47.1. The van der Waals surface area contributed by atoms with Crippen molar-refractivity contribution < 1.29 is 38.3 Å². The van der Waals surface area contributed by atoms with Crippen molar-refractivity contribution in [1.82, 2.24) is 0 Å². The number of rotatable bonds is 4. The zero-order valence-corrected chi connectivity index (χ0v) is 26.9. The van der Waals surface area contributed by atoms with Crippen LogP contribution in [0.25, 0.3) is 0 Å². The average Bonchev–Trinajstić information content (AvgIpc) is 3.17. The third-order valence-corrected chi connectivity index (χ3v) is 11.4. The first-order chi connectivity index (χ1) is 21.0.